The van der Waals surface area contributed by atoms with Crippen LogP contribution < -0.4 is 10.6 Å². The summed E-state index contributed by atoms with van der Waals surface area (Å²) in [5, 5.41) is 7.14. The number of ether oxygens (including phenoxy) is 1. The van der Waals surface area contributed by atoms with Gasteiger partial charge in [-0.15, -0.1) is 11.8 Å². The standard InChI is InChI=1S/C14H21N3OS2/c1-20-13-4-2-3-12(11-13)16-14(19)15-5-6-17-7-9-18-10-8-17/h2-4,11H,5-10H2,1H3,(H2,15,16,19). The molecule has 2 rings (SSSR count). The molecule has 2 N–H and O–H groups in total. The van der Waals surface area contributed by atoms with Crippen LogP contribution in [0.4, 0.5) is 5.69 Å². The van der Waals surface area contributed by atoms with Gasteiger partial charge >= 0.3 is 0 Å². The first-order valence-corrected chi connectivity index (χ1v) is 8.40. The number of thiocarbonyl (C=S) groups is 1. The quantitative estimate of drug-likeness (QED) is 0.640. The van der Waals surface area contributed by atoms with Gasteiger partial charge in [-0.25, -0.2) is 0 Å². The normalized spacial score (nSPS) is 15.8. The fourth-order valence-corrected chi connectivity index (χ4v) is 2.71. The first kappa shape index (κ1) is 15.6. The third-order valence-corrected chi connectivity index (χ3v) is 4.12. The Bertz CT molecular complexity index is 436. The Kier molecular flexibility index (Phi) is 6.59. The molecule has 1 aliphatic rings. The van der Waals surface area contributed by atoms with Gasteiger partial charge in [0.1, 0.15) is 0 Å². The molecular weight excluding hydrogens is 290 g/mol. The highest BCUT2D eigenvalue weighted by molar-refractivity contribution is 7.98. The molecular formula is C14H21N3OS2. The van der Waals surface area contributed by atoms with Crippen molar-refractivity contribution in [1.29, 1.82) is 0 Å². The van der Waals surface area contributed by atoms with Crippen LogP contribution in [0.1, 0.15) is 0 Å². The number of nitrogens with one attached hydrogen (secondary N) is 2. The van der Waals surface area contributed by atoms with Crippen LogP contribution >= 0.6 is 24.0 Å². The number of anilines is 1. The second kappa shape index (κ2) is 8.46. The molecule has 1 heterocycles. The van der Waals surface area contributed by atoms with E-state index in [1.54, 1.807) is 11.8 Å². The predicted molar refractivity (Wildman–Crippen MR) is 89.7 cm³/mol. The molecule has 0 radical (unpaired) electrons. The molecule has 0 bridgehead atoms. The molecule has 1 aliphatic heterocycles. The zero-order chi connectivity index (χ0) is 14.2. The second-order valence-corrected chi connectivity index (χ2v) is 5.85. The van der Waals surface area contributed by atoms with Crippen molar-refractivity contribution < 1.29 is 4.74 Å². The fraction of sp³-hybridized carbons (Fsp3) is 0.500. The van der Waals surface area contributed by atoms with Gasteiger partial charge in [-0.1, -0.05) is 6.07 Å². The minimum absolute atomic E-state index is 0.677. The number of hydrogen-bond donors (Lipinski definition) is 2. The molecule has 0 atom stereocenters. The van der Waals surface area contributed by atoms with Crippen molar-refractivity contribution in [3.63, 3.8) is 0 Å². The highest BCUT2D eigenvalue weighted by atomic mass is 32.2. The Labute approximate surface area is 130 Å². The van der Waals surface area contributed by atoms with Crippen molar-refractivity contribution in [2.75, 3.05) is 51.0 Å². The van der Waals surface area contributed by atoms with Gasteiger partial charge < -0.3 is 15.4 Å². The van der Waals surface area contributed by atoms with Crippen molar-refractivity contribution in [3.05, 3.63) is 24.3 Å². The van der Waals surface area contributed by atoms with Gasteiger partial charge in [-0.05, 0) is 36.7 Å². The maximum absolute atomic E-state index is 5.33. The number of benzene rings is 1. The van der Waals surface area contributed by atoms with Crippen LogP contribution in [-0.4, -0.2) is 55.7 Å². The van der Waals surface area contributed by atoms with Gasteiger partial charge in [0.25, 0.3) is 0 Å². The number of hydrogen-bond acceptors (Lipinski definition) is 4. The minimum Gasteiger partial charge on any atom is -0.379 e. The summed E-state index contributed by atoms with van der Waals surface area (Å²) >= 11 is 7.03. The molecule has 1 fully saturated rings. The van der Waals surface area contributed by atoms with Crippen LogP contribution in [-0.2, 0) is 4.74 Å². The Balaban J connectivity index is 1.69. The van der Waals surface area contributed by atoms with Crippen molar-refractivity contribution in [2.24, 2.45) is 0 Å². The average molecular weight is 311 g/mol. The highest BCUT2D eigenvalue weighted by Gasteiger charge is 2.09. The summed E-state index contributed by atoms with van der Waals surface area (Å²) in [6, 6.07) is 8.24. The van der Waals surface area contributed by atoms with Crippen LogP contribution in [0.25, 0.3) is 0 Å². The minimum atomic E-state index is 0.677. The van der Waals surface area contributed by atoms with Crippen LogP contribution in [0.3, 0.4) is 0 Å². The molecule has 0 saturated carbocycles. The topological polar surface area (TPSA) is 36.5 Å². The van der Waals surface area contributed by atoms with E-state index in [2.05, 4.69) is 33.9 Å². The van der Waals surface area contributed by atoms with Gasteiger partial charge in [0.2, 0.25) is 0 Å². The molecule has 0 aliphatic carbocycles. The molecule has 0 aromatic heterocycles. The second-order valence-electron chi connectivity index (χ2n) is 4.57. The lowest BCUT2D eigenvalue weighted by molar-refractivity contribution is 0.0389. The first-order valence-electron chi connectivity index (χ1n) is 6.77. The van der Waals surface area contributed by atoms with Crippen LogP contribution in [0.15, 0.2) is 29.2 Å². The lowest BCUT2D eigenvalue weighted by atomic mass is 10.3. The molecule has 6 heteroatoms. The molecule has 1 aromatic rings. The zero-order valence-corrected chi connectivity index (χ0v) is 13.4. The molecule has 20 heavy (non-hydrogen) atoms. The van der Waals surface area contributed by atoms with Gasteiger partial charge in [-0.3, -0.25) is 4.90 Å². The van der Waals surface area contributed by atoms with E-state index >= 15 is 0 Å². The van der Waals surface area contributed by atoms with E-state index < -0.39 is 0 Å². The highest BCUT2D eigenvalue weighted by Crippen LogP contribution is 2.18. The molecule has 4 nitrogen and oxygen atoms in total. The Morgan fingerprint density at radius 1 is 1.40 bits per heavy atom. The summed E-state index contributed by atoms with van der Waals surface area (Å²) in [5.41, 5.74) is 1.03. The summed E-state index contributed by atoms with van der Waals surface area (Å²) in [5.74, 6) is 0. The van der Waals surface area contributed by atoms with Crippen LogP contribution in [0.2, 0.25) is 0 Å². The molecule has 0 unspecified atom stereocenters. The fourth-order valence-electron chi connectivity index (χ4n) is 2.03. The lowest BCUT2D eigenvalue weighted by Crippen LogP contribution is -2.42. The predicted octanol–water partition coefficient (Wildman–Crippen LogP) is 2.03. The summed E-state index contributed by atoms with van der Waals surface area (Å²) in [7, 11) is 0. The molecule has 0 spiro atoms. The van der Waals surface area contributed by atoms with E-state index in [9.17, 15) is 0 Å². The van der Waals surface area contributed by atoms with Crippen molar-refractivity contribution in [2.45, 2.75) is 4.90 Å². The van der Waals surface area contributed by atoms with E-state index in [1.165, 1.54) is 4.90 Å². The number of nitrogens with zero attached hydrogens (tertiary/aromatic N) is 1. The zero-order valence-electron chi connectivity index (χ0n) is 11.7. The van der Waals surface area contributed by atoms with Gasteiger partial charge in [0.15, 0.2) is 5.11 Å². The van der Waals surface area contributed by atoms with Gasteiger partial charge in [0, 0.05) is 36.8 Å². The van der Waals surface area contributed by atoms with Crippen molar-refractivity contribution in [3.8, 4) is 0 Å². The number of rotatable bonds is 5. The molecule has 1 saturated heterocycles. The van der Waals surface area contributed by atoms with E-state index in [-0.39, 0.29) is 0 Å². The van der Waals surface area contributed by atoms with E-state index in [1.807, 2.05) is 12.1 Å². The maximum Gasteiger partial charge on any atom is 0.170 e. The summed E-state index contributed by atoms with van der Waals surface area (Å²) in [6.07, 6.45) is 2.07. The maximum atomic E-state index is 5.33. The molecule has 0 amide bonds. The van der Waals surface area contributed by atoms with Gasteiger partial charge in [-0.2, -0.15) is 0 Å². The third kappa shape index (κ3) is 5.28. The van der Waals surface area contributed by atoms with Crippen LogP contribution in [0, 0.1) is 0 Å². The summed E-state index contributed by atoms with van der Waals surface area (Å²) < 4.78 is 5.33. The largest absolute Gasteiger partial charge is 0.379 e. The third-order valence-electron chi connectivity index (χ3n) is 3.14. The van der Waals surface area contributed by atoms with E-state index in [0.717, 1.165) is 45.1 Å². The van der Waals surface area contributed by atoms with E-state index in [0.29, 0.717) is 5.11 Å². The lowest BCUT2D eigenvalue weighted by Gasteiger charge is -2.26. The SMILES string of the molecule is CSc1cccc(NC(=S)NCCN2CCOCC2)c1. The Hall–Kier alpha value is -0.820. The molecule has 1 aromatic carbocycles. The first-order chi connectivity index (χ1) is 9.78. The average Bonchev–Trinajstić information content (AvgIpc) is 2.48. The summed E-state index contributed by atoms with van der Waals surface area (Å²) in [6.45, 7) is 5.55. The monoisotopic (exact) mass is 311 g/mol. The number of thioether (sulfide) groups is 1. The number of morpholine rings is 1. The van der Waals surface area contributed by atoms with Crippen LogP contribution in [0.5, 0.6) is 0 Å². The summed E-state index contributed by atoms with van der Waals surface area (Å²) in [4.78, 5) is 3.61. The van der Waals surface area contributed by atoms with Crippen molar-refractivity contribution in [1.82, 2.24) is 10.2 Å². The van der Waals surface area contributed by atoms with E-state index in [4.69, 9.17) is 17.0 Å². The van der Waals surface area contributed by atoms with Crippen molar-refractivity contribution >= 4 is 34.8 Å². The van der Waals surface area contributed by atoms with Gasteiger partial charge in [0.05, 0.1) is 13.2 Å². The smallest absolute Gasteiger partial charge is 0.170 e. The Morgan fingerprint density at radius 2 is 2.20 bits per heavy atom. The molecule has 110 valence electrons. The Morgan fingerprint density at radius 3 is 2.95 bits per heavy atom.